The Balaban J connectivity index is 1.93. The molecule has 1 saturated heterocycles. The maximum absolute atomic E-state index is 11.6. The van der Waals surface area contributed by atoms with Gasteiger partial charge in [-0.2, -0.15) is 0 Å². The van der Waals surface area contributed by atoms with Gasteiger partial charge in [0.05, 0.1) is 6.61 Å². The van der Waals surface area contributed by atoms with E-state index in [2.05, 4.69) is 5.32 Å². The van der Waals surface area contributed by atoms with Crippen LogP contribution in [-0.2, 0) is 20.9 Å². The highest BCUT2D eigenvalue weighted by Gasteiger charge is 2.33. The molecular weight excluding hydrogens is 254 g/mol. The molecule has 0 aromatic carbocycles. The zero-order valence-electron chi connectivity index (χ0n) is 10.5. The lowest BCUT2D eigenvalue weighted by molar-refractivity contribution is -0.144. The minimum Gasteiger partial charge on any atom is -0.465 e. The van der Waals surface area contributed by atoms with Crippen molar-refractivity contribution in [2.24, 2.45) is 0 Å². The van der Waals surface area contributed by atoms with Gasteiger partial charge in [0.2, 0.25) is 0 Å². The largest absolute Gasteiger partial charge is 0.465 e. The molecule has 1 N–H and O–H groups in total. The summed E-state index contributed by atoms with van der Waals surface area (Å²) in [5.41, 5.74) is 0. The molecular formula is C12H17NO4S. The highest BCUT2D eigenvalue weighted by molar-refractivity contribution is 7.99. The lowest BCUT2D eigenvalue weighted by Gasteiger charge is -2.10. The zero-order valence-corrected chi connectivity index (χ0v) is 11.3. The number of rotatable bonds is 5. The number of furan rings is 1. The molecule has 1 aromatic rings. The van der Waals surface area contributed by atoms with Crippen molar-refractivity contribution in [2.75, 3.05) is 19.5 Å². The smallest absolute Gasteiger partial charge is 0.324 e. The van der Waals surface area contributed by atoms with Crippen molar-refractivity contribution in [3.8, 4) is 0 Å². The molecule has 1 aromatic heterocycles. The molecule has 0 amide bonds. The second kappa shape index (κ2) is 6.26. The van der Waals surface area contributed by atoms with Crippen LogP contribution in [0, 0.1) is 0 Å². The molecule has 0 bridgehead atoms. The third-order valence-electron chi connectivity index (χ3n) is 2.58. The molecule has 6 heteroatoms. The molecule has 1 fully saturated rings. The van der Waals surface area contributed by atoms with Crippen LogP contribution in [0.25, 0.3) is 0 Å². The molecule has 2 rings (SSSR count). The van der Waals surface area contributed by atoms with E-state index in [1.54, 1.807) is 25.8 Å². The summed E-state index contributed by atoms with van der Waals surface area (Å²) in [6.07, 6.45) is 0. The van der Waals surface area contributed by atoms with E-state index in [-0.39, 0.29) is 17.4 Å². The Labute approximate surface area is 110 Å². The number of hydrogen-bond acceptors (Lipinski definition) is 6. The van der Waals surface area contributed by atoms with E-state index in [1.165, 1.54) is 0 Å². The monoisotopic (exact) mass is 271 g/mol. The van der Waals surface area contributed by atoms with Crippen LogP contribution in [0.1, 0.15) is 23.8 Å². The first-order valence-electron chi connectivity index (χ1n) is 5.86. The fourth-order valence-corrected chi connectivity index (χ4v) is 2.94. The van der Waals surface area contributed by atoms with Gasteiger partial charge < -0.3 is 13.9 Å². The van der Waals surface area contributed by atoms with Crippen LogP contribution in [0.3, 0.4) is 0 Å². The van der Waals surface area contributed by atoms with Crippen molar-refractivity contribution in [3.05, 3.63) is 23.7 Å². The normalized spacial score (nSPS) is 23.2. The number of ether oxygens (including phenoxy) is 2. The maximum atomic E-state index is 11.6. The molecule has 1 aliphatic rings. The van der Waals surface area contributed by atoms with Crippen molar-refractivity contribution in [1.29, 1.82) is 0 Å². The molecule has 0 radical (unpaired) electrons. The summed E-state index contributed by atoms with van der Waals surface area (Å²) >= 11 is 1.64. The number of methoxy groups -OCH3 is 1. The number of esters is 1. The third kappa shape index (κ3) is 3.07. The molecule has 0 aliphatic carbocycles. The Morgan fingerprint density at radius 1 is 1.61 bits per heavy atom. The molecule has 18 heavy (non-hydrogen) atoms. The summed E-state index contributed by atoms with van der Waals surface area (Å²) in [5, 5.41) is 3.21. The van der Waals surface area contributed by atoms with Gasteiger partial charge in [-0.1, -0.05) is 0 Å². The van der Waals surface area contributed by atoms with Gasteiger partial charge in [0.15, 0.2) is 0 Å². The number of nitrogens with one attached hydrogen (secondary N) is 1. The van der Waals surface area contributed by atoms with Gasteiger partial charge in [-0.3, -0.25) is 10.1 Å². The molecule has 100 valence electrons. The predicted octanol–water partition coefficient (Wildman–Crippen LogP) is 1.69. The summed E-state index contributed by atoms with van der Waals surface area (Å²) < 4.78 is 15.6. The first-order valence-corrected chi connectivity index (χ1v) is 6.91. The number of hydrogen-bond donors (Lipinski definition) is 1. The number of carbonyl (C=O) groups excluding carboxylic acids is 1. The van der Waals surface area contributed by atoms with Gasteiger partial charge >= 0.3 is 5.97 Å². The van der Waals surface area contributed by atoms with Gasteiger partial charge in [-0.25, -0.2) is 0 Å². The van der Waals surface area contributed by atoms with Crippen LogP contribution in [0.2, 0.25) is 0 Å². The van der Waals surface area contributed by atoms with E-state index in [4.69, 9.17) is 13.9 Å². The second-order valence-corrected chi connectivity index (χ2v) is 5.06. The molecule has 2 unspecified atom stereocenters. The first-order chi connectivity index (χ1) is 8.74. The maximum Gasteiger partial charge on any atom is 0.324 e. The average molecular weight is 271 g/mol. The van der Waals surface area contributed by atoms with E-state index in [1.807, 2.05) is 12.1 Å². The molecule has 1 aliphatic heterocycles. The summed E-state index contributed by atoms with van der Waals surface area (Å²) in [7, 11) is 1.63. The van der Waals surface area contributed by atoms with E-state index in [0.717, 1.165) is 11.5 Å². The lowest BCUT2D eigenvalue weighted by atomic mass is 10.3. The summed E-state index contributed by atoms with van der Waals surface area (Å²) in [5.74, 6) is 2.11. The SMILES string of the molecule is CCOC(=O)C1CSC(c2ccc(COC)o2)N1. The van der Waals surface area contributed by atoms with E-state index in [9.17, 15) is 4.79 Å². The van der Waals surface area contributed by atoms with Crippen LogP contribution in [0.15, 0.2) is 16.5 Å². The fourth-order valence-electron chi connectivity index (χ4n) is 1.77. The van der Waals surface area contributed by atoms with Crippen LogP contribution in [-0.4, -0.2) is 31.5 Å². The topological polar surface area (TPSA) is 60.7 Å². The zero-order chi connectivity index (χ0) is 13.0. The van der Waals surface area contributed by atoms with Crippen LogP contribution < -0.4 is 5.32 Å². The fraction of sp³-hybridized carbons (Fsp3) is 0.583. The number of thioether (sulfide) groups is 1. The van der Waals surface area contributed by atoms with Crippen molar-refractivity contribution >= 4 is 17.7 Å². The van der Waals surface area contributed by atoms with E-state index in [0.29, 0.717) is 19.0 Å². The Bertz CT molecular complexity index is 407. The van der Waals surface area contributed by atoms with Gasteiger partial charge in [0, 0.05) is 12.9 Å². The predicted molar refractivity (Wildman–Crippen MR) is 68.2 cm³/mol. The Morgan fingerprint density at radius 3 is 3.17 bits per heavy atom. The van der Waals surface area contributed by atoms with Crippen LogP contribution in [0.4, 0.5) is 0 Å². The summed E-state index contributed by atoms with van der Waals surface area (Å²) in [4.78, 5) is 11.6. The Morgan fingerprint density at radius 2 is 2.44 bits per heavy atom. The van der Waals surface area contributed by atoms with Crippen molar-refractivity contribution in [1.82, 2.24) is 5.32 Å². The second-order valence-electron chi connectivity index (χ2n) is 3.92. The minimum atomic E-state index is -0.254. The Kier molecular flexibility index (Phi) is 4.68. The minimum absolute atomic E-state index is 0.00464. The van der Waals surface area contributed by atoms with Gasteiger partial charge in [-0.05, 0) is 19.1 Å². The molecule has 2 atom stereocenters. The number of carbonyl (C=O) groups is 1. The quantitative estimate of drug-likeness (QED) is 0.822. The standard InChI is InChI=1S/C12H17NO4S/c1-3-16-12(14)9-7-18-11(13-9)10-5-4-8(17-10)6-15-2/h4-5,9,11,13H,3,6-7H2,1-2H3. The van der Waals surface area contributed by atoms with Crippen LogP contribution in [0.5, 0.6) is 0 Å². The highest BCUT2D eigenvalue weighted by atomic mass is 32.2. The van der Waals surface area contributed by atoms with Crippen molar-refractivity contribution < 1.29 is 18.7 Å². The van der Waals surface area contributed by atoms with E-state index >= 15 is 0 Å². The molecule has 0 spiro atoms. The average Bonchev–Trinajstić information content (AvgIpc) is 2.97. The third-order valence-corrected chi connectivity index (χ3v) is 3.81. The van der Waals surface area contributed by atoms with Crippen LogP contribution >= 0.6 is 11.8 Å². The van der Waals surface area contributed by atoms with Gasteiger partial charge in [0.25, 0.3) is 0 Å². The van der Waals surface area contributed by atoms with Crippen molar-refractivity contribution in [3.63, 3.8) is 0 Å². The summed E-state index contributed by atoms with van der Waals surface area (Å²) in [6, 6.07) is 3.54. The summed E-state index contributed by atoms with van der Waals surface area (Å²) in [6.45, 7) is 2.67. The molecule has 5 nitrogen and oxygen atoms in total. The Hall–Kier alpha value is -0.980. The van der Waals surface area contributed by atoms with Crippen molar-refractivity contribution in [2.45, 2.75) is 24.9 Å². The molecule has 2 heterocycles. The van der Waals surface area contributed by atoms with Gasteiger partial charge in [0.1, 0.15) is 29.5 Å². The highest BCUT2D eigenvalue weighted by Crippen LogP contribution is 2.34. The lowest BCUT2D eigenvalue weighted by Crippen LogP contribution is -2.35. The van der Waals surface area contributed by atoms with Gasteiger partial charge in [-0.15, -0.1) is 11.8 Å². The van der Waals surface area contributed by atoms with E-state index < -0.39 is 0 Å². The first kappa shape index (κ1) is 13.5. The molecule has 0 saturated carbocycles.